The van der Waals surface area contributed by atoms with Crippen LogP contribution in [0.4, 0.5) is 5.69 Å². The van der Waals surface area contributed by atoms with E-state index < -0.39 is 12.1 Å². The van der Waals surface area contributed by atoms with E-state index in [1.54, 1.807) is 18.2 Å². The molecule has 0 unspecified atom stereocenters. The van der Waals surface area contributed by atoms with Crippen LogP contribution in [0.1, 0.15) is 65.1 Å². The number of carbonyl (C=O) groups excluding carboxylic acids is 1. The first kappa shape index (κ1) is 34.9. The van der Waals surface area contributed by atoms with Gasteiger partial charge in [0.25, 0.3) is 11.9 Å². The first-order valence-corrected chi connectivity index (χ1v) is 14.8. The maximum Gasteiger partial charge on any atom is 0.300 e. The van der Waals surface area contributed by atoms with E-state index in [-0.39, 0.29) is 18.3 Å². The van der Waals surface area contributed by atoms with Crippen molar-refractivity contribution in [1.82, 2.24) is 5.32 Å². The minimum Gasteiger partial charge on any atom is -0.508 e. The van der Waals surface area contributed by atoms with E-state index in [1.165, 1.54) is 17.4 Å². The first-order valence-electron chi connectivity index (χ1n) is 13.9. The molecule has 3 aromatic rings. The average molecular weight is 603 g/mol. The molecule has 0 saturated heterocycles. The molecule has 0 aliphatic heterocycles. The van der Waals surface area contributed by atoms with Gasteiger partial charge >= 0.3 is 0 Å². The van der Waals surface area contributed by atoms with Crippen molar-refractivity contribution < 1.29 is 39.5 Å². The number of carbonyl (C=O) groups is 2. The van der Waals surface area contributed by atoms with Gasteiger partial charge in [0, 0.05) is 31.3 Å². The number of hydrogen-bond donors (Lipinski definition) is 6. The van der Waals surface area contributed by atoms with E-state index in [1.807, 2.05) is 35.7 Å². The highest BCUT2D eigenvalue weighted by Crippen LogP contribution is 2.22. The number of unbranched alkanes of at least 4 members (excludes halogenated alkanes) is 3. The van der Waals surface area contributed by atoms with Crippen LogP contribution in [0.15, 0.2) is 60.0 Å². The van der Waals surface area contributed by atoms with Crippen molar-refractivity contribution in [2.45, 2.75) is 51.9 Å². The van der Waals surface area contributed by atoms with Gasteiger partial charge in [-0.25, -0.2) is 0 Å². The van der Waals surface area contributed by atoms with Gasteiger partial charge in [-0.3, -0.25) is 9.59 Å². The van der Waals surface area contributed by atoms with Crippen molar-refractivity contribution in [3.8, 4) is 5.75 Å². The molecule has 6 N–H and O–H groups in total. The Labute approximate surface area is 250 Å². The minimum absolute atomic E-state index is 0.0344. The molecule has 0 radical (unpaired) electrons. The number of thiophene rings is 1. The summed E-state index contributed by atoms with van der Waals surface area (Å²) in [7, 11) is 0. The van der Waals surface area contributed by atoms with Crippen LogP contribution in [-0.2, 0) is 27.5 Å². The van der Waals surface area contributed by atoms with Crippen LogP contribution in [0.5, 0.6) is 5.75 Å². The number of amides is 1. The second-order valence-corrected chi connectivity index (χ2v) is 10.4. The lowest BCUT2D eigenvalue weighted by molar-refractivity contribution is -0.134. The maximum atomic E-state index is 12.2. The van der Waals surface area contributed by atoms with Crippen LogP contribution in [0.3, 0.4) is 0 Å². The monoisotopic (exact) mass is 602 g/mol. The summed E-state index contributed by atoms with van der Waals surface area (Å²) in [5.41, 5.74) is 2.83. The summed E-state index contributed by atoms with van der Waals surface area (Å²) in [4.78, 5) is 21.9. The van der Waals surface area contributed by atoms with E-state index in [0.717, 1.165) is 50.4 Å². The summed E-state index contributed by atoms with van der Waals surface area (Å²) < 4.78 is 11.4. The van der Waals surface area contributed by atoms with E-state index in [9.17, 15) is 20.1 Å². The maximum absolute atomic E-state index is 12.2. The summed E-state index contributed by atoms with van der Waals surface area (Å²) in [6.45, 7) is 4.28. The number of aliphatic hydroxyl groups excluding tert-OH is 2. The summed E-state index contributed by atoms with van der Waals surface area (Å²) in [5, 5.41) is 44.6. The predicted molar refractivity (Wildman–Crippen MR) is 163 cm³/mol. The lowest BCUT2D eigenvalue weighted by Gasteiger charge is -2.14. The molecule has 2 aromatic carbocycles. The van der Waals surface area contributed by atoms with Crippen LogP contribution < -0.4 is 10.6 Å². The minimum atomic E-state index is -0.833. The molecule has 10 nitrogen and oxygen atoms in total. The molecule has 1 atom stereocenters. The van der Waals surface area contributed by atoms with Gasteiger partial charge < -0.3 is 40.5 Å². The van der Waals surface area contributed by atoms with Gasteiger partial charge in [-0.1, -0.05) is 37.1 Å². The lowest BCUT2D eigenvalue weighted by atomic mass is 10.1. The van der Waals surface area contributed by atoms with E-state index in [4.69, 9.17) is 19.4 Å². The van der Waals surface area contributed by atoms with Crippen LogP contribution in [-0.4, -0.2) is 65.2 Å². The Morgan fingerprint density at radius 2 is 1.71 bits per heavy atom. The SMILES string of the molecule is CC(=O)O.O=C(Nc1cccc(COCCOCCCCCCNC[C@H](O)c2ccc(O)c(CO)c2)c1)c1cccs1. The zero-order chi connectivity index (χ0) is 30.6. The lowest BCUT2D eigenvalue weighted by Crippen LogP contribution is -2.22. The summed E-state index contributed by atoms with van der Waals surface area (Å²) in [5.74, 6) is -0.905. The first-order chi connectivity index (χ1) is 20.3. The van der Waals surface area contributed by atoms with Crippen molar-refractivity contribution in [3.05, 3.63) is 81.5 Å². The predicted octanol–water partition coefficient (Wildman–Crippen LogP) is 4.71. The van der Waals surface area contributed by atoms with Crippen molar-refractivity contribution in [2.75, 3.05) is 38.2 Å². The van der Waals surface area contributed by atoms with Crippen molar-refractivity contribution in [1.29, 1.82) is 0 Å². The molecule has 1 aromatic heterocycles. The smallest absolute Gasteiger partial charge is 0.300 e. The third-order valence-corrected chi connectivity index (χ3v) is 6.83. The molecule has 0 spiro atoms. The van der Waals surface area contributed by atoms with Gasteiger partial charge in [0.15, 0.2) is 0 Å². The molecule has 0 aliphatic rings. The third kappa shape index (κ3) is 14.5. The topological polar surface area (TPSA) is 158 Å². The number of benzene rings is 2. The fraction of sp³-hybridized carbons (Fsp3) is 0.419. The van der Waals surface area contributed by atoms with Crippen molar-refractivity contribution in [2.24, 2.45) is 0 Å². The molecule has 11 heteroatoms. The number of anilines is 1. The quantitative estimate of drug-likeness (QED) is 0.114. The molecule has 230 valence electrons. The number of carboxylic acids is 1. The normalized spacial score (nSPS) is 11.4. The van der Waals surface area contributed by atoms with Crippen molar-refractivity contribution >= 4 is 28.9 Å². The molecule has 0 aliphatic carbocycles. The molecule has 42 heavy (non-hydrogen) atoms. The van der Waals surface area contributed by atoms with E-state index >= 15 is 0 Å². The van der Waals surface area contributed by atoms with E-state index in [2.05, 4.69) is 10.6 Å². The number of aromatic hydroxyl groups is 1. The van der Waals surface area contributed by atoms with Crippen LogP contribution in [0, 0.1) is 0 Å². The second-order valence-electron chi connectivity index (χ2n) is 9.50. The number of aliphatic carboxylic acids is 1. The Morgan fingerprint density at radius 3 is 2.45 bits per heavy atom. The highest BCUT2D eigenvalue weighted by molar-refractivity contribution is 7.12. The Balaban J connectivity index is 0.00000144. The van der Waals surface area contributed by atoms with E-state index in [0.29, 0.717) is 49.0 Å². The van der Waals surface area contributed by atoms with Gasteiger partial charge in [0.05, 0.1) is 37.4 Å². The van der Waals surface area contributed by atoms with Gasteiger partial charge in [0.1, 0.15) is 5.75 Å². The fourth-order valence-electron chi connectivity index (χ4n) is 3.85. The molecule has 1 amide bonds. The Hall–Kier alpha value is -3.32. The average Bonchev–Trinajstić information content (AvgIpc) is 3.51. The zero-order valence-corrected chi connectivity index (χ0v) is 24.8. The molecule has 0 bridgehead atoms. The van der Waals surface area contributed by atoms with Crippen molar-refractivity contribution in [3.63, 3.8) is 0 Å². The third-order valence-electron chi connectivity index (χ3n) is 5.96. The molecular weight excluding hydrogens is 560 g/mol. The van der Waals surface area contributed by atoms with Crippen LogP contribution >= 0.6 is 11.3 Å². The number of ether oxygens (including phenoxy) is 2. The van der Waals surface area contributed by atoms with Crippen LogP contribution in [0.2, 0.25) is 0 Å². The van der Waals surface area contributed by atoms with Gasteiger partial charge in [-0.2, -0.15) is 0 Å². The molecule has 0 saturated carbocycles. The van der Waals surface area contributed by atoms with Crippen LogP contribution in [0.25, 0.3) is 0 Å². The highest BCUT2D eigenvalue weighted by atomic mass is 32.1. The number of aliphatic hydroxyl groups is 2. The molecule has 0 fully saturated rings. The second kappa shape index (κ2) is 20.5. The molecule has 3 rings (SSSR count). The molecule has 1 heterocycles. The Bertz CT molecular complexity index is 1190. The highest BCUT2D eigenvalue weighted by Gasteiger charge is 2.10. The zero-order valence-electron chi connectivity index (χ0n) is 24.0. The number of phenols is 1. The number of carboxylic acid groups (broad SMARTS) is 1. The summed E-state index contributed by atoms with van der Waals surface area (Å²) in [6.07, 6.45) is 3.48. The summed E-state index contributed by atoms with van der Waals surface area (Å²) in [6, 6.07) is 16.1. The van der Waals surface area contributed by atoms with Gasteiger partial charge in [-0.05, 0) is 66.2 Å². The Kier molecular flexibility index (Phi) is 17.1. The standard InChI is InChI=1S/C29H38N2O6S.C2H4O2/c32-20-24-18-23(10-11-26(24)33)27(34)19-30-12-3-1-2-4-13-36-14-15-37-21-22-7-5-8-25(17-22)31-29(35)28-9-6-16-38-28;1-2(3)4/h5-11,16-18,27,30,32-34H,1-4,12-15,19-21H2,(H,31,35);1H3,(H,3,4)/t27-;/m0./s1. The number of rotatable bonds is 18. The fourth-order valence-corrected chi connectivity index (χ4v) is 4.47. The van der Waals surface area contributed by atoms with Gasteiger partial charge in [0.2, 0.25) is 0 Å². The summed E-state index contributed by atoms with van der Waals surface area (Å²) >= 11 is 1.41. The number of nitrogens with one attached hydrogen (secondary N) is 2. The van der Waals surface area contributed by atoms with Gasteiger partial charge in [-0.15, -0.1) is 11.3 Å². The molecular formula is C31H42N2O8S. The largest absolute Gasteiger partial charge is 0.508 e. The number of hydrogen-bond acceptors (Lipinski definition) is 9. The Morgan fingerprint density at radius 1 is 0.952 bits per heavy atom.